The van der Waals surface area contributed by atoms with Crippen molar-refractivity contribution < 1.29 is 23.8 Å². The normalized spacial score (nSPS) is 10.8. The minimum absolute atomic E-state index is 0.0721. The lowest BCUT2D eigenvalue weighted by atomic mass is 9.81. The van der Waals surface area contributed by atoms with Crippen LogP contribution in [0.4, 0.5) is 0 Å². The van der Waals surface area contributed by atoms with Gasteiger partial charge in [0.15, 0.2) is 5.41 Å². The third-order valence-electron chi connectivity index (χ3n) is 2.43. The Balaban J connectivity index is 5.33. The third-order valence-corrected chi connectivity index (χ3v) is 2.43. The second-order valence-corrected chi connectivity index (χ2v) is 3.72. The van der Waals surface area contributed by atoms with Crippen molar-refractivity contribution in [3.05, 3.63) is 12.3 Å². The summed E-state index contributed by atoms with van der Waals surface area (Å²) < 4.78 is 14.7. The largest absolute Gasteiger partial charge is 0.505 e. The summed E-state index contributed by atoms with van der Waals surface area (Å²) in [5.74, 6) is 0.990. The number of carbonyl (C=O) groups excluding carboxylic acids is 2. The van der Waals surface area contributed by atoms with Crippen molar-refractivity contribution in [2.75, 3.05) is 20.3 Å². The van der Waals surface area contributed by atoms with E-state index >= 15 is 0 Å². The molecule has 0 aromatic carbocycles. The topological polar surface area (TPSA) is 61.8 Å². The summed E-state index contributed by atoms with van der Waals surface area (Å²) in [7, 11) is 1.47. The first-order valence-corrected chi connectivity index (χ1v) is 6.04. The molecule has 0 aliphatic heterocycles. The molecule has 0 saturated heterocycles. The van der Waals surface area contributed by atoms with Crippen LogP contribution in [0.2, 0.25) is 0 Å². The highest BCUT2D eigenvalue weighted by Gasteiger charge is 2.47. The standard InChI is InChI=1S/C14H20O5/c1-5-9-14(10-8-11-17-4,12(15)18-6-2)13(16)19-7-3/h1,8,11H,6-7,9-10H2,2-4H3/b11-8+. The summed E-state index contributed by atoms with van der Waals surface area (Å²) in [5.41, 5.74) is -1.50. The number of hydrogen-bond acceptors (Lipinski definition) is 5. The zero-order chi connectivity index (χ0) is 14.7. The van der Waals surface area contributed by atoms with Crippen molar-refractivity contribution in [3.63, 3.8) is 0 Å². The molecule has 0 aliphatic rings. The molecular formula is C14H20O5. The van der Waals surface area contributed by atoms with Crippen molar-refractivity contribution in [3.8, 4) is 12.3 Å². The van der Waals surface area contributed by atoms with E-state index in [1.165, 1.54) is 13.4 Å². The van der Waals surface area contributed by atoms with Gasteiger partial charge in [-0.1, -0.05) is 0 Å². The molecule has 5 nitrogen and oxygen atoms in total. The Morgan fingerprint density at radius 2 is 1.74 bits per heavy atom. The molecule has 0 rings (SSSR count). The van der Waals surface area contributed by atoms with E-state index in [2.05, 4.69) is 5.92 Å². The molecule has 0 atom stereocenters. The van der Waals surface area contributed by atoms with Crippen LogP contribution in [0.5, 0.6) is 0 Å². The highest BCUT2D eigenvalue weighted by atomic mass is 16.6. The Hall–Kier alpha value is -1.96. The zero-order valence-electron chi connectivity index (χ0n) is 11.6. The van der Waals surface area contributed by atoms with E-state index < -0.39 is 17.4 Å². The fraction of sp³-hybridized carbons (Fsp3) is 0.571. The first-order chi connectivity index (χ1) is 9.08. The predicted molar refractivity (Wildman–Crippen MR) is 69.9 cm³/mol. The van der Waals surface area contributed by atoms with Gasteiger partial charge in [-0.3, -0.25) is 9.59 Å². The SMILES string of the molecule is C#CCC(C/C=C/OC)(C(=O)OCC)C(=O)OCC. The van der Waals surface area contributed by atoms with Crippen LogP contribution in [-0.2, 0) is 23.8 Å². The molecule has 0 aliphatic carbocycles. The maximum absolute atomic E-state index is 12.1. The van der Waals surface area contributed by atoms with E-state index in [4.69, 9.17) is 20.6 Å². The van der Waals surface area contributed by atoms with Gasteiger partial charge in [-0.15, -0.1) is 12.3 Å². The zero-order valence-corrected chi connectivity index (χ0v) is 11.6. The molecule has 0 radical (unpaired) electrons. The molecule has 0 aromatic rings. The van der Waals surface area contributed by atoms with Crippen LogP contribution in [0.1, 0.15) is 26.7 Å². The van der Waals surface area contributed by atoms with Crippen LogP contribution in [0.25, 0.3) is 0 Å². The van der Waals surface area contributed by atoms with Gasteiger partial charge in [0.1, 0.15) is 0 Å². The Labute approximate surface area is 113 Å². The number of terminal acetylenes is 1. The van der Waals surface area contributed by atoms with Crippen molar-refractivity contribution in [2.45, 2.75) is 26.7 Å². The second kappa shape index (κ2) is 9.03. The number of allylic oxidation sites excluding steroid dienone is 1. The Morgan fingerprint density at radius 1 is 1.21 bits per heavy atom. The van der Waals surface area contributed by atoms with Crippen LogP contribution < -0.4 is 0 Å². The van der Waals surface area contributed by atoms with E-state index in [-0.39, 0.29) is 26.1 Å². The highest BCUT2D eigenvalue weighted by Crippen LogP contribution is 2.31. The molecule has 19 heavy (non-hydrogen) atoms. The fourth-order valence-corrected chi connectivity index (χ4v) is 1.52. The highest BCUT2D eigenvalue weighted by molar-refractivity contribution is 6.00. The average Bonchev–Trinajstić information content (AvgIpc) is 2.38. The van der Waals surface area contributed by atoms with E-state index in [1.807, 2.05) is 0 Å². The van der Waals surface area contributed by atoms with Gasteiger partial charge in [-0.2, -0.15) is 0 Å². The first kappa shape index (κ1) is 17.0. The van der Waals surface area contributed by atoms with Crippen LogP contribution >= 0.6 is 0 Å². The lowest BCUT2D eigenvalue weighted by molar-refractivity contribution is -0.171. The van der Waals surface area contributed by atoms with Crippen LogP contribution in [-0.4, -0.2) is 32.3 Å². The molecule has 0 unspecified atom stereocenters. The van der Waals surface area contributed by atoms with Crippen molar-refractivity contribution >= 4 is 11.9 Å². The summed E-state index contributed by atoms with van der Waals surface area (Å²) in [6.45, 7) is 3.65. The molecule has 106 valence electrons. The van der Waals surface area contributed by atoms with Gasteiger partial charge in [0.2, 0.25) is 0 Å². The molecule has 0 fully saturated rings. The van der Waals surface area contributed by atoms with Gasteiger partial charge in [-0.25, -0.2) is 0 Å². The van der Waals surface area contributed by atoms with E-state index in [1.54, 1.807) is 19.9 Å². The minimum atomic E-state index is -1.50. The maximum atomic E-state index is 12.1. The Bertz CT molecular complexity index is 347. The quantitative estimate of drug-likeness (QED) is 0.290. The van der Waals surface area contributed by atoms with Crippen LogP contribution in [0, 0.1) is 17.8 Å². The first-order valence-electron chi connectivity index (χ1n) is 6.04. The van der Waals surface area contributed by atoms with Gasteiger partial charge < -0.3 is 14.2 Å². The maximum Gasteiger partial charge on any atom is 0.324 e. The van der Waals surface area contributed by atoms with Gasteiger partial charge in [0, 0.05) is 6.42 Å². The van der Waals surface area contributed by atoms with Crippen molar-refractivity contribution in [2.24, 2.45) is 5.41 Å². The summed E-state index contributed by atoms with van der Waals surface area (Å²) in [5, 5.41) is 0. The Kier molecular flexibility index (Phi) is 8.10. The summed E-state index contributed by atoms with van der Waals surface area (Å²) >= 11 is 0. The summed E-state index contributed by atoms with van der Waals surface area (Å²) in [4.78, 5) is 24.1. The number of esters is 2. The molecule has 0 aromatic heterocycles. The van der Waals surface area contributed by atoms with E-state index in [0.29, 0.717) is 0 Å². The molecule has 0 bridgehead atoms. The lowest BCUT2D eigenvalue weighted by Crippen LogP contribution is -2.41. The van der Waals surface area contributed by atoms with Crippen molar-refractivity contribution in [1.29, 1.82) is 0 Å². The third kappa shape index (κ3) is 4.66. The van der Waals surface area contributed by atoms with E-state index in [9.17, 15) is 9.59 Å². The lowest BCUT2D eigenvalue weighted by Gasteiger charge is -2.26. The number of methoxy groups -OCH3 is 1. The van der Waals surface area contributed by atoms with Gasteiger partial charge in [0.25, 0.3) is 0 Å². The molecule has 0 N–H and O–H groups in total. The smallest absolute Gasteiger partial charge is 0.324 e. The predicted octanol–water partition coefficient (Wildman–Crippen LogP) is 1.67. The van der Waals surface area contributed by atoms with Crippen LogP contribution in [0.3, 0.4) is 0 Å². The number of ether oxygens (including phenoxy) is 3. The molecule has 5 heteroatoms. The monoisotopic (exact) mass is 268 g/mol. The molecule has 0 amide bonds. The molecule has 0 spiro atoms. The number of carbonyl (C=O) groups is 2. The van der Waals surface area contributed by atoms with Gasteiger partial charge in [-0.05, 0) is 26.3 Å². The minimum Gasteiger partial charge on any atom is -0.505 e. The summed E-state index contributed by atoms with van der Waals surface area (Å²) in [6, 6.07) is 0. The Morgan fingerprint density at radius 3 is 2.11 bits per heavy atom. The summed E-state index contributed by atoms with van der Waals surface area (Å²) in [6.07, 6.45) is 8.18. The molecular weight excluding hydrogens is 248 g/mol. The molecule has 0 heterocycles. The average molecular weight is 268 g/mol. The number of rotatable bonds is 8. The fourth-order valence-electron chi connectivity index (χ4n) is 1.52. The van der Waals surface area contributed by atoms with Gasteiger partial charge >= 0.3 is 11.9 Å². The van der Waals surface area contributed by atoms with Gasteiger partial charge in [0.05, 0.1) is 26.6 Å². The van der Waals surface area contributed by atoms with Crippen molar-refractivity contribution in [1.82, 2.24) is 0 Å². The second-order valence-electron chi connectivity index (χ2n) is 3.72. The van der Waals surface area contributed by atoms with E-state index in [0.717, 1.165) is 0 Å². The number of hydrogen-bond donors (Lipinski definition) is 0. The molecule has 0 saturated carbocycles. The van der Waals surface area contributed by atoms with Crippen LogP contribution in [0.15, 0.2) is 12.3 Å².